The number of benzene rings is 2. The van der Waals surface area contributed by atoms with Crippen LogP contribution in [0, 0.1) is 0 Å². The topological polar surface area (TPSA) is 97.3 Å². The molecule has 0 bridgehead atoms. The van der Waals surface area contributed by atoms with Crippen molar-refractivity contribution in [3.63, 3.8) is 0 Å². The van der Waals surface area contributed by atoms with Crippen molar-refractivity contribution in [3.05, 3.63) is 59.7 Å². The summed E-state index contributed by atoms with van der Waals surface area (Å²) in [6.45, 7) is 2.01. The van der Waals surface area contributed by atoms with E-state index >= 15 is 0 Å². The van der Waals surface area contributed by atoms with E-state index in [1.54, 1.807) is 31.4 Å². The molecular weight excluding hydrogens is 472 g/mol. The monoisotopic (exact) mass is 504 g/mol. The first-order valence-electron chi connectivity index (χ1n) is 11.6. The van der Waals surface area contributed by atoms with E-state index in [9.17, 15) is 14.7 Å². The van der Waals surface area contributed by atoms with Gasteiger partial charge in [0.25, 0.3) is 0 Å². The SMILES string of the molecule is COc1ccccc1OCCN(C)C1(C(=O)NC2(c3ccc(C(=O)O)cc3)CC2)CCOCC1.Cl. The number of nitrogens with zero attached hydrogens (tertiary/aromatic N) is 1. The summed E-state index contributed by atoms with van der Waals surface area (Å²) in [5, 5.41) is 12.5. The normalized spacial score (nSPS) is 17.7. The molecule has 2 aromatic carbocycles. The lowest BCUT2D eigenvalue weighted by atomic mass is 9.86. The highest BCUT2D eigenvalue weighted by atomic mass is 35.5. The van der Waals surface area contributed by atoms with E-state index in [4.69, 9.17) is 14.2 Å². The maximum absolute atomic E-state index is 13.7. The Hall–Kier alpha value is -2.81. The molecule has 0 spiro atoms. The van der Waals surface area contributed by atoms with Gasteiger partial charge < -0.3 is 24.6 Å². The van der Waals surface area contributed by atoms with Crippen molar-refractivity contribution in [1.82, 2.24) is 10.2 Å². The molecule has 1 aliphatic heterocycles. The summed E-state index contributed by atoms with van der Waals surface area (Å²) in [6.07, 6.45) is 2.85. The van der Waals surface area contributed by atoms with Crippen molar-refractivity contribution in [1.29, 1.82) is 0 Å². The van der Waals surface area contributed by atoms with Gasteiger partial charge in [0, 0.05) is 19.8 Å². The highest BCUT2D eigenvalue weighted by molar-refractivity contribution is 5.88. The number of carboxylic acids is 1. The number of hydrogen-bond donors (Lipinski definition) is 2. The first-order chi connectivity index (χ1) is 16.4. The number of para-hydroxylation sites is 2. The van der Waals surface area contributed by atoms with Crippen molar-refractivity contribution in [2.45, 2.75) is 36.8 Å². The molecule has 2 fully saturated rings. The molecule has 0 radical (unpaired) electrons. The zero-order valence-electron chi connectivity index (χ0n) is 20.1. The summed E-state index contributed by atoms with van der Waals surface area (Å²) >= 11 is 0. The summed E-state index contributed by atoms with van der Waals surface area (Å²) < 4.78 is 16.9. The average Bonchev–Trinajstić information content (AvgIpc) is 3.65. The van der Waals surface area contributed by atoms with Crippen molar-refractivity contribution in [3.8, 4) is 11.5 Å². The highest BCUT2D eigenvalue weighted by Crippen LogP contribution is 2.46. The number of amides is 1. The second kappa shape index (κ2) is 11.3. The molecule has 0 unspecified atom stereocenters. The average molecular weight is 505 g/mol. The van der Waals surface area contributed by atoms with E-state index in [0.717, 1.165) is 18.4 Å². The van der Waals surface area contributed by atoms with Gasteiger partial charge in [-0.15, -0.1) is 12.4 Å². The van der Waals surface area contributed by atoms with E-state index in [1.807, 2.05) is 31.3 Å². The lowest BCUT2D eigenvalue weighted by Gasteiger charge is -2.43. The molecule has 9 heteroatoms. The lowest BCUT2D eigenvalue weighted by molar-refractivity contribution is -0.140. The third-order valence-electron chi connectivity index (χ3n) is 7.01. The number of hydrogen-bond acceptors (Lipinski definition) is 6. The molecule has 1 heterocycles. The van der Waals surface area contributed by atoms with Crippen LogP contribution in [0.4, 0.5) is 0 Å². The summed E-state index contributed by atoms with van der Waals surface area (Å²) in [6, 6.07) is 14.3. The Labute approximate surface area is 212 Å². The second-order valence-electron chi connectivity index (χ2n) is 8.98. The Morgan fingerprint density at radius 2 is 1.66 bits per heavy atom. The Morgan fingerprint density at radius 3 is 2.23 bits per heavy atom. The van der Waals surface area contributed by atoms with Crippen LogP contribution in [0.2, 0.25) is 0 Å². The van der Waals surface area contributed by atoms with Crippen molar-refractivity contribution >= 4 is 24.3 Å². The zero-order valence-corrected chi connectivity index (χ0v) is 20.9. The number of rotatable bonds is 10. The van der Waals surface area contributed by atoms with Crippen LogP contribution in [0.1, 0.15) is 41.6 Å². The van der Waals surface area contributed by atoms with Gasteiger partial charge in [-0.05, 0) is 62.6 Å². The number of carbonyl (C=O) groups excluding carboxylic acids is 1. The number of carbonyl (C=O) groups is 2. The smallest absolute Gasteiger partial charge is 0.335 e. The largest absolute Gasteiger partial charge is 0.493 e. The summed E-state index contributed by atoms with van der Waals surface area (Å²) in [5.74, 6) is 0.368. The molecule has 2 N–H and O–H groups in total. The van der Waals surface area contributed by atoms with Gasteiger partial charge in [0.05, 0.1) is 18.2 Å². The van der Waals surface area contributed by atoms with E-state index in [1.165, 1.54) is 0 Å². The minimum atomic E-state index is -0.960. The molecule has 1 saturated carbocycles. The Bertz CT molecular complexity index is 1020. The molecule has 2 aliphatic rings. The van der Waals surface area contributed by atoms with Crippen LogP contribution in [-0.4, -0.2) is 67.9 Å². The van der Waals surface area contributed by atoms with Gasteiger partial charge in [-0.3, -0.25) is 9.69 Å². The van der Waals surface area contributed by atoms with Gasteiger partial charge in [0.15, 0.2) is 11.5 Å². The highest BCUT2D eigenvalue weighted by Gasteiger charge is 2.51. The third-order valence-corrected chi connectivity index (χ3v) is 7.01. The molecule has 1 saturated heterocycles. The standard InChI is InChI=1S/C26H32N2O6.ClH/c1-28(15-18-34-22-6-4-3-5-21(22)32-2)26(13-16-33-17-14-26)24(31)27-25(11-12-25)20-9-7-19(8-10-20)23(29)30;/h3-10H,11-18H2,1-2H3,(H,27,31)(H,29,30);1H. The van der Waals surface area contributed by atoms with E-state index in [2.05, 4.69) is 10.2 Å². The quantitative estimate of drug-likeness (QED) is 0.511. The number of methoxy groups -OCH3 is 1. The Balaban J connectivity index is 0.00000342. The van der Waals surface area contributed by atoms with Crippen LogP contribution in [0.25, 0.3) is 0 Å². The van der Waals surface area contributed by atoms with E-state index in [-0.39, 0.29) is 23.9 Å². The van der Waals surface area contributed by atoms with Crippen LogP contribution in [-0.2, 0) is 15.1 Å². The predicted molar refractivity (Wildman–Crippen MR) is 134 cm³/mol. The number of likely N-dealkylation sites (N-methyl/N-ethyl adjacent to an activating group) is 1. The molecule has 1 amide bonds. The molecule has 2 aromatic rings. The summed E-state index contributed by atoms with van der Waals surface area (Å²) in [7, 11) is 3.57. The number of carboxylic acid groups (broad SMARTS) is 1. The van der Waals surface area contributed by atoms with Crippen LogP contribution in [0.3, 0.4) is 0 Å². The molecule has 4 rings (SSSR count). The van der Waals surface area contributed by atoms with Gasteiger partial charge in [0.2, 0.25) is 5.91 Å². The molecule has 35 heavy (non-hydrogen) atoms. The molecule has 0 aromatic heterocycles. The fourth-order valence-electron chi connectivity index (χ4n) is 4.61. The Kier molecular flexibility index (Phi) is 8.64. The first-order valence-corrected chi connectivity index (χ1v) is 11.6. The maximum atomic E-state index is 13.7. The molecule has 190 valence electrons. The number of ether oxygens (including phenoxy) is 3. The maximum Gasteiger partial charge on any atom is 0.335 e. The molecule has 0 atom stereocenters. The lowest BCUT2D eigenvalue weighted by Crippen LogP contribution is -2.62. The van der Waals surface area contributed by atoms with Crippen LogP contribution < -0.4 is 14.8 Å². The minimum absolute atomic E-state index is 0. The van der Waals surface area contributed by atoms with Gasteiger partial charge >= 0.3 is 5.97 Å². The first kappa shape index (κ1) is 26.8. The number of nitrogens with one attached hydrogen (secondary N) is 1. The summed E-state index contributed by atoms with van der Waals surface area (Å²) in [4.78, 5) is 27.0. The molecular formula is C26H33ClN2O6. The van der Waals surface area contributed by atoms with Gasteiger partial charge in [-0.25, -0.2) is 4.79 Å². The van der Waals surface area contributed by atoms with Crippen LogP contribution in [0.15, 0.2) is 48.5 Å². The third kappa shape index (κ3) is 5.72. The number of halogens is 1. The fraction of sp³-hybridized carbons (Fsp3) is 0.462. The Morgan fingerprint density at radius 1 is 1.03 bits per heavy atom. The van der Waals surface area contributed by atoms with Crippen molar-refractivity contribution in [2.24, 2.45) is 0 Å². The minimum Gasteiger partial charge on any atom is -0.493 e. The second-order valence-corrected chi connectivity index (χ2v) is 8.98. The molecule has 1 aliphatic carbocycles. The zero-order chi connectivity index (χ0) is 24.2. The van der Waals surface area contributed by atoms with Gasteiger partial charge in [0.1, 0.15) is 12.1 Å². The van der Waals surface area contributed by atoms with Gasteiger partial charge in [-0.2, -0.15) is 0 Å². The van der Waals surface area contributed by atoms with Crippen molar-refractivity contribution < 1.29 is 28.9 Å². The number of aromatic carboxylic acids is 1. The fourth-order valence-corrected chi connectivity index (χ4v) is 4.61. The van der Waals surface area contributed by atoms with E-state index < -0.39 is 17.0 Å². The summed E-state index contributed by atoms with van der Waals surface area (Å²) in [5.41, 5.74) is 0.0458. The molecule has 8 nitrogen and oxygen atoms in total. The van der Waals surface area contributed by atoms with Crippen LogP contribution >= 0.6 is 12.4 Å². The van der Waals surface area contributed by atoms with Gasteiger partial charge in [-0.1, -0.05) is 24.3 Å². The van der Waals surface area contributed by atoms with Crippen LogP contribution in [0.5, 0.6) is 11.5 Å². The van der Waals surface area contributed by atoms with Crippen molar-refractivity contribution in [2.75, 3.05) is 40.5 Å². The predicted octanol–water partition coefficient (Wildman–Crippen LogP) is 3.48. The van der Waals surface area contributed by atoms with E-state index in [0.29, 0.717) is 50.7 Å².